The van der Waals surface area contributed by atoms with E-state index in [2.05, 4.69) is 17.1 Å². The second-order valence-electron chi connectivity index (χ2n) is 5.61. The van der Waals surface area contributed by atoms with E-state index in [1.54, 1.807) is 0 Å². The van der Waals surface area contributed by atoms with Crippen LogP contribution in [0.4, 0.5) is 0 Å². The molecule has 3 aromatic carbocycles. The Balaban J connectivity index is 1.89. The van der Waals surface area contributed by atoms with Crippen LogP contribution in [-0.4, -0.2) is 4.98 Å². The van der Waals surface area contributed by atoms with E-state index < -0.39 is 0 Å². The highest BCUT2D eigenvalue weighted by Gasteiger charge is 2.16. The van der Waals surface area contributed by atoms with Gasteiger partial charge in [-0.2, -0.15) is 0 Å². The van der Waals surface area contributed by atoms with Crippen molar-refractivity contribution in [2.45, 2.75) is 0 Å². The van der Waals surface area contributed by atoms with Crippen LogP contribution in [0.3, 0.4) is 0 Å². The molecular formula is C20H11NO2S. The highest BCUT2D eigenvalue weighted by Crippen LogP contribution is 2.33. The lowest BCUT2D eigenvalue weighted by Crippen LogP contribution is -1.94. The Labute approximate surface area is 140 Å². The summed E-state index contributed by atoms with van der Waals surface area (Å²) in [7, 11) is 0. The van der Waals surface area contributed by atoms with Gasteiger partial charge in [0.15, 0.2) is 11.1 Å². The molecule has 114 valence electrons. The number of aromatic nitrogens is 1. The lowest BCUT2D eigenvalue weighted by Gasteiger charge is -2.02. The zero-order chi connectivity index (χ0) is 16.1. The molecule has 0 saturated carbocycles. The van der Waals surface area contributed by atoms with E-state index in [1.165, 1.54) is 11.3 Å². The van der Waals surface area contributed by atoms with Crippen LogP contribution in [0, 0.1) is 0 Å². The summed E-state index contributed by atoms with van der Waals surface area (Å²) in [6, 6.07) is 21.9. The molecule has 0 unspecified atom stereocenters. The largest absolute Gasteiger partial charge is 0.435 e. The summed E-state index contributed by atoms with van der Waals surface area (Å²) in [5.41, 5.74) is 1.87. The number of hydrogen-bond donors (Lipinski definition) is 0. The van der Waals surface area contributed by atoms with E-state index in [4.69, 9.17) is 4.42 Å². The van der Waals surface area contributed by atoms with Gasteiger partial charge in [0.05, 0.1) is 0 Å². The van der Waals surface area contributed by atoms with Crippen LogP contribution in [0.1, 0.15) is 0 Å². The molecule has 0 aliphatic heterocycles. The molecule has 3 nitrogen and oxygen atoms in total. The normalized spacial score (nSPS) is 11.5. The minimum absolute atomic E-state index is 0.0704. The van der Waals surface area contributed by atoms with Crippen LogP contribution in [0.15, 0.2) is 75.9 Å². The molecule has 0 bridgehead atoms. The number of oxazole rings is 1. The van der Waals surface area contributed by atoms with Crippen LogP contribution in [0.2, 0.25) is 0 Å². The van der Waals surface area contributed by atoms with Crippen molar-refractivity contribution in [1.29, 1.82) is 0 Å². The van der Waals surface area contributed by atoms with Gasteiger partial charge in [0, 0.05) is 15.6 Å². The molecule has 2 aromatic heterocycles. The lowest BCUT2D eigenvalue weighted by molar-refractivity contribution is 0.624. The summed E-state index contributed by atoms with van der Waals surface area (Å²) < 4.78 is 6.89. The van der Waals surface area contributed by atoms with Crippen LogP contribution in [0.5, 0.6) is 0 Å². The first kappa shape index (κ1) is 13.5. The molecule has 0 saturated heterocycles. The average molecular weight is 329 g/mol. The molecule has 0 aliphatic rings. The van der Waals surface area contributed by atoms with Gasteiger partial charge in [0.25, 0.3) is 4.74 Å². The second kappa shape index (κ2) is 5.01. The monoisotopic (exact) mass is 329 g/mol. The van der Waals surface area contributed by atoms with E-state index in [0.29, 0.717) is 17.0 Å². The van der Waals surface area contributed by atoms with E-state index >= 15 is 0 Å². The second-order valence-corrected chi connectivity index (χ2v) is 6.62. The van der Waals surface area contributed by atoms with Crippen molar-refractivity contribution in [3.63, 3.8) is 0 Å². The third-order valence-electron chi connectivity index (χ3n) is 4.17. The molecule has 0 spiro atoms. The van der Waals surface area contributed by atoms with Gasteiger partial charge in [-0.25, -0.2) is 4.98 Å². The summed E-state index contributed by atoms with van der Waals surface area (Å²) in [5.74, 6) is 0.488. The number of rotatable bonds is 1. The predicted octanol–water partition coefficient (Wildman–Crippen LogP) is 5.22. The molecule has 4 heteroatoms. The lowest BCUT2D eigenvalue weighted by atomic mass is 10.0. The molecule has 24 heavy (non-hydrogen) atoms. The van der Waals surface area contributed by atoms with Gasteiger partial charge in [-0.1, -0.05) is 59.9 Å². The molecule has 0 atom stereocenters. The molecule has 5 rings (SSSR count). The van der Waals surface area contributed by atoms with Crippen molar-refractivity contribution in [3.05, 3.63) is 76.3 Å². The molecule has 0 N–H and O–H groups in total. The fourth-order valence-corrected chi connectivity index (χ4v) is 3.91. The summed E-state index contributed by atoms with van der Waals surface area (Å²) in [6.07, 6.45) is 0. The third kappa shape index (κ3) is 1.90. The molecule has 2 heterocycles. The van der Waals surface area contributed by atoms with Gasteiger partial charge in [-0.3, -0.25) is 4.79 Å². The Hall–Kier alpha value is -2.98. The van der Waals surface area contributed by atoms with E-state index in [1.807, 2.05) is 54.6 Å². The summed E-state index contributed by atoms with van der Waals surface area (Å²) in [6.45, 7) is 0. The number of fused-ring (bicyclic) bond motifs is 4. The number of benzene rings is 3. The summed E-state index contributed by atoms with van der Waals surface area (Å²) >= 11 is 1.21. The first-order valence-electron chi connectivity index (χ1n) is 7.62. The van der Waals surface area contributed by atoms with E-state index in [0.717, 1.165) is 26.4 Å². The Morgan fingerprint density at radius 3 is 2.50 bits per heavy atom. The molecule has 0 aliphatic carbocycles. The first-order valence-corrected chi connectivity index (χ1v) is 8.43. The van der Waals surface area contributed by atoms with Crippen molar-refractivity contribution < 1.29 is 4.42 Å². The van der Waals surface area contributed by atoms with Crippen molar-refractivity contribution in [1.82, 2.24) is 4.98 Å². The number of hydrogen-bond acceptors (Lipinski definition) is 4. The fourth-order valence-electron chi connectivity index (χ4n) is 3.06. The summed E-state index contributed by atoms with van der Waals surface area (Å²) in [4.78, 5) is 16.9. The van der Waals surface area contributed by atoms with Crippen molar-refractivity contribution >= 4 is 43.3 Å². The Morgan fingerprint density at radius 2 is 1.58 bits per heavy atom. The fraction of sp³-hybridized carbons (Fsp3) is 0. The highest BCUT2D eigenvalue weighted by atomic mass is 32.1. The smallest absolute Gasteiger partial charge is 0.262 e. The Kier molecular flexibility index (Phi) is 2.81. The Morgan fingerprint density at radius 1 is 0.833 bits per heavy atom. The standard InChI is InChI=1S/C20H11NO2S/c22-20-17-18(15-9-3-4-11-16(15)24-20)23-19(21-17)14-10-5-7-12-6-1-2-8-13(12)14/h1-11H. The van der Waals surface area contributed by atoms with Crippen molar-refractivity contribution in [2.24, 2.45) is 0 Å². The highest BCUT2D eigenvalue weighted by molar-refractivity contribution is 7.16. The molecule has 0 fully saturated rings. The van der Waals surface area contributed by atoms with Gasteiger partial charge >= 0.3 is 0 Å². The van der Waals surface area contributed by atoms with Crippen LogP contribution in [-0.2, 0) is 0 Å². The predicted molar refractivity (Wildman–Crippen MR) is 98.6 cm³/mol. The SMILES string of the molecule is O=c1sc2ccccc2c2oc(-c3cccc4ccccc34)nc12. The minimum atomic E-state index is -0.0704. The van der Waals surface area contributed by atoms with Crippen LogP contribution >= 0.6 is 11.3 Å². The topological polar surface area (TPSA) is 43.1 Å². The van der Waals surface area contributed by atoms with E-state index in [-0.39, 0.29) is 4.74 Å². The van der Waals surface area contributed by atoms with Crippen LogP contribution < -0.4 is 4.74 Å². The molecule has 0 radical (unpaired) electrons. The maximum atomic E-state index is 12.4. The van der Waals surface area contributed by atoms with Gasteiger partial charge in [0.2, 0.25) is 5.89 Å². The molecular weight excluding hydrogens is 318 g/mol. The van der Waals surface area contributed by atoms with Gasteiger partial charge in [0.1, 0.15) is 0 Å². The van der Waals surface area contributed by atoms with Gasteiger partial charge in [-0.05, 0) is 29.0 Å². The third-order valence-corrected chi connectivity index (χ3v) is 5.13. The zero-order valence-electron chi connectivity index (χ0n) is 12.5. The van der Waals surface area contributed by atoms with Crippen molar-refractivity contribution in [3.8, 4) is 11.5 Å². The van der Waals surface area contributed by atoms with E-state index in [9.17, 15) is 4.79 Å². The first-order chi connectivity index (χ1) is 11.8. The summed E-state index contributed by atoms with van der Waals surface area (Å²) in [5, 5.41) is 3.11. The molecule has 5 aromatic rings. The number of nitrogens with zero attached hydrogens (tertiary/aromatic N) is 1. The molecule has 0 amide bonds. The zero-order valence-corrected chi connectivity index (χ0v) is 13.3. The minimum Gasteiger partial charge on any atom is -0.435 e. The maximum Gasteiger partial charge on any atom is 0.262 e. The quantitative estimate of drug-likeness (QED) is 0.423. The van der Waals surface area contributed by atoms with Gasteiger partial charge < -0.3 is 4.42 Å². The van der Waals surface area contributed by atoms with Gasteiger partial charge in [-0.15, -0.1) is 0 Å². The van der Waals surface area contributed by atoms with Crippen LogP contribution in [0.25, 0.3) is 43.4 Å². The maximum absolute atomic E-state index is 12.4. The average Bonchev–Trinajstić information content (AvgIpc) is 3.07. The van der Waals surface area contributed by atoms with Crippen molar-refractivity contribution in [2.75, 3.05) is 0 Å². The Bertz CT molecular complexity index is 1280.